The van der Waals surface area contributed by atoms with Gasteiger partial charge in [0.25, 0.3) is 0 Å². The molecule has 3 aliphatic rings. The molecule has 3 aliphatic heterocycles. The molecular weight excluding hydrogens is 444 g/mol. The molecule has 2 saturated heterocycles. The van der Waals surface area contributed by atoms with E-state index in [1.165, 1.54) is 31.4 Å². The van der Waals surface area contributed by atoms with Crippen LogP contribution in [-0.4, -0.2) is 56.2 Å². The first-order valence-corrected chi connectivity index (χ1v) is 12.7. The minimum Gasteiger partial charge on any atom is -0.454 e. The summed E-state index contributed by atoms with van der Waals surface area (Å²) in [6.45, 7) is 4.21. The fourth-order valence-electron chi connectivity index (χ4n) is 5.06. The highest BCUT2D eigenvalue weighted by Gasteiger charge is 2.26. The number of hydrogen-bond donors (Lipinski definition) is 2. The summed E-state index contributed by atoms with van der Waals surface area (Å²) in [4.78, 5) is 29.9. The zero-order valence-corrected chi connectivity index (χ0v) is 20.1. The van der Waals surface area contributed by atoms with E-state index in [0.29, 0.717) is 23.7 Å². The van der Waals surface area contributed by atoms with Crippen LogP contribution in [0.25, 0.3) is 0 Å². The predicted octanol–water partition coefficient (Wildman–Crippen LogP) is 4.08. The molecule has 8 heteroatoms. The van der Waals surface area contributed by atoms with Crippen molar-refractivity contribution in [2.24, 2.45) is 5.92 Å². The Labute approximate surface area is 206 Å². The van der Waals surface area contributed by atoms with Crippen LogP contribution in [-0.2, 0) is 9.59 Å². The average molecular weight is 479 g/mol. The van der Waals surface area contributed by atoms with E-state index in [9.17, 15) is 9.59 Å². The Hall–Kier alpha value is -3.26. The molecule has 0 aliphatic carbocycles. The SMILES string of the molecule is O=C(CN1CCC(C(=O)Nc2ccc3c(c2)OCO3)CC1)Nc1ccc(N2CCCCCC2)cc1. The molecule has 0 saturated carbocycles. The number of benzene rings is 2. The monoisotopic (exact) mass is 478 g/mol. The number of nitrogens with one attached hydrogen (secondary N) is 2. The molecule has 2 N–H and O–H groups in total. The highest BCUT2D eigenvalue weighted by Crippen LogP contribution is 2.34. The van der Waals surface area contributed by atoms with E-state index in [2.05, 4.69) is 32.6 Å². The zero-order valence-electron chi connectivity index (χ0n) is 20.1. The number of carbonyl (C=O) groups excluding carboxylic acids is 2. The van der Waals surface area contributed by atoms with Crippen LogP contribution >= 0.6 is 0 Å². The van der Waals surface area contributed by atoms with Crippen LogP contribution in [0, 0.1) is 5.92 Å². The van der Waals surface area contributed by atoms with Gasteiger partial charge < -0.3 is 25.0 Å². The summed E-state index contributed by atoms with van der Waals surface area (Å²) >= 11 is 0. The van der Waals surface area contributed by atoms with Gasteiger partial charge in [0.15, 0.2) is 11.5 Å². The zero-order chi connectivity index (χ0) is 24.0. The fraction of sp³-hybridized carbons (Fsp3) is 0.481. The minimum absolute atomic E-state index is 0.0115. The van der Waals surface area contributed by atoms with Crippen molar-refractivity contribution in [1.82, 2.24) is 4.90 Å². The summed E-state index contributed by atoms with van der Waals surface area (Å²) in [6.07, 6.45) is 6.58. The van der Waals surface area contributed by atoms with E-state index in [0.717, 1.165) is 44.7 Å². The number of nitrogens with zero attached hydrogens (tertiary/aromatic N) is 2. The van der Waals surface area contributed by atoms with Crippen LogP contribution in [0.3, 0.4) is 0 Å². The maximum Gasteiger partial charge on any atom is 0.238 e. The van der Waals surface area contributed by atoms with Crippen molar-refractivity contribution in [2.45, 2.75) is 38.5 Å². The van der Waals surface area contributed by atoms with Crippen molar-refractivity contribution >= 4 is 28.9 Å². The highest BCUT2D eigenvalue weighted by atomic mass is 16.7. The first-order chi connectivity index (χ1) is 17.1. The maximum atomic E-state index is 12.7. The molecule has 35 heavy (non-hydrogen) atoms. The second-order valence-corrected chi connectivity index (χ2v) is 9.60. The Morgan fingerprint density at radius 2 is 1.49 bits per heavy atom. The molecule has 0 spiro atoms. The Kier molecular flexibility index (Phi) is 7.37. The lowest BCUT2D eigenvalue weighted by atomic mass is 9.95. The molecule has 0 unspecified atom stereocenters. The summed E-state index contributed by atoms with van der Waals surface area (Å²) < 4.78 is 10.7. The lowest BCUT2D eigenvalue weighted by molar-refractivity contribution is -0.121. The minimum atomic E-state index is -0.0636. The molecule has 0 aromatic heterocycles. The van der Waals surface area contributed by atoms with E-state index in [4.69, 9.17) is 9.47 Å². The number of hydrogen-bond acceptors (Lipinski definition) is 6. The lowest BCUT2D eigenvalue weighted by Gasteiger charge is -2.30. The van der Waals surface area contributed by atoms with E-state index in [-0.39, 0.29) is 24.5 Å². The molecular formula is C27H34N4O4. The van der Waals surface area contributed by atoms with Crippen LogP contribution in [0.2, 0.25) is 0 Å². The van der Waals surface area contributed by atoms with Crippen LogP contribution < -0.4 is 25.0 Å². The number of likely N-dealkylation sites (tertiary alicyclic amines) is 1. The van der Waals surface area contributed by atoms with Gasteiger partial charge in [-0.25, -0.2) is 0 Å². The summed E-state index contributed by atoms with van der Waals surface area (Å²) in [6, 6.07) is 13.6. The third kappa shape index (κ3) is 6.06. The van der Waals surface area contributed by atoms with E-state index in [1.54, 1.807) is 6.07 Å². The first-order valence-electron chi connectivity index (χ1n) is 12.7. The Morgan fingerprint density at radius 3 is 2.23 bits per heavy atom. The van der Waals surface area contributed by atoms with Crippen molar-refractivity contribution in [3.8, 4) is 11.5 Å². The average Bonchev–Trinajstić information content (AvgIpc) is 3.16. The second-order valence-electron chi connectivity index (χ2n) is 9.60. The Balaban J connectivity index is 1.05. The topological polar surface area (TPSA) is 83.1 Å². The smallest absolute Gasteiger partial charge is 0.238 e. The van der Waals surface area contributed by atoms with Gasteiger partial charge in [-0.3, -0.25) is 14.5 Å². The number of ether oxygens (including phenoxy) is 2. The summed E-state index contributed by atoms with van der Waals surface area (Å²) in [7, 11) is 0. The number of piperidine rings is 1. The summed E-state index contributed by atoms with van der Waals surface area (Å²) in [5, 5.41) is 6.00. The number of carbonyl (C=O) groups is 2. The summed E-state index contributed by atoms with van der Waals surface area (Å²) in [5.41, 5.74) is 2.76. The van der Waals surface area contributed by atoms with Crippen LogP contribution in [0.4, 0.5) is 17.1 Å². The van der Waals surface area contributed by atoms with E-state index < -0.39 is 0 Å². The van der Waals surface area contributed by atoms with Gasteiger partial charge in [0.2, 0.25) is 18.6 Å². The lowest BCUT2D eigenvalue weighted by Crippen LogP contribution is -2.41. The van der Waals surface area contributed by atoms with Gasteiger partial charge in [0.05, 0.1) is 6.54 Å². The van der Waals surface area contributed by atoms with Gasteiger partial charge in [-0.1, -0.05) is 12.8 Å². The molecule has 0 radical (unpaired) electrons. The highest BCUT2D eigenvalue weighted by molar-refractivity contribution is 5.93. The molecule has 2 aromatic rings. The van der Waals surface area contributed by atoms with Gasteiger partial charge in [-0.2, -0.15) is 0 Å². The third-order valence-corrected chi connectivity index (χ3v) is 7.09. The van der Waals surface area contributed by atoms with Gasteiger partial charge in [-0.05, 0) is 75.2 Å². The van der Waals surface area contributed by atoms with Crippen molar-refractivity contribution in [2.75, 3.05) is 55.1 Å². The van der Waals surface area contributed by atoms with Crippen molar-refractivity contribution in [1.29, 1.82) is 0 Å². The molecule has 0 bridgehead atoms. The van der Waals surface area contributed by atoms with Gasteiger partial charge in [-0.15, -0.1) is 0 Å². The van der Waals surface area contributed by atoms with Gasteiger partial charge >= 0.3 is 0 Å². The standard InChI is InChI=1S/C27H34N4O4/c32-26(28-21-5-8-23(9-6-21)31-13-3-1-2-4-14-31)18-30-15-11-20(12-16-30)27(33)29-22-7-10-24-25(17-22)35-19-34-24/h5-10,17,20H,1-4,11-16,18-19H2,(H,28,32)(H,29,33). The predicted molar refractivity (Wildman–Crippen MR) is 136 cm³/mol. The van der Waals surface area contributed by atoms with Gasteiger partial charge in [0.1, 0.15) is 0 Å². The molecule has 8 nitrogen and oxygen atoms in total. The van der Waals surface area contributed by atoms with Gasteiger partial charge in [0, 0.05) is 42.1 Å². The van der Waals surface area contributed by atoms with Crippen LogP contribution in [0.5, 0.6) is 11.5 Å². The van der Waals surface area contributed by atoms with Crippen LogP contribution in [0.15, 0.2) is 42.5 Å². The Bertz CT molecular complexity index is 1030. The largest absolute Gasteiger partial charge is 0.454 e. The van der Waals surface area contributed by atoms with Crippen LogP contribution in [0.1, 0.15) is 38.5 Å². The molecule has 0 atom stereocenters. The first kappa shape index (κ1) is 23.5. The number of amides is 2. The summed E-state index contributed by atoms with van der Waals surface area (Å²) in [5.74, 6) is 1.28. The molecule has 5 rings (SSSR count). The molecule has 2 fully saturated rings. The van der Waals surface area contributed by atoms with Crippen molar-refractivity contribution in [3.05, 3.63) is 42.5 Å². The van der Waals surface area contributed by atoms with E-state index >= 15 is 0 Å². The van der Waals surface area contributed by atoms with Crippen molar-refractivity contribution in [3.63, 3.8) is 0 Å². The maximum absolute atomic E-state index is 12.7. The molecule has 186 valence electrons. The van der Waals surface area contributed by atoms with Crippen molar-refractivity contribution < 1.29 is 19.1 Å². The second kappa shape index (κ2) is 11.0. The molecule has 2 aromatic carbocycles. The quantitative estimate of drug-likeness (QED) is 0.651. The number of fused-ring (bicyclic) bond motifs is 1. The fourth-order valence-corrected chi connectivity index (χ4v) is 5.06. The number of rotatable bonds is 6. The normalized spacial score (nSPS) is 18.7. The Morgan fingerprint density at radius 1 is 0.800 bits per heavy atom. The third-order valence-electron chi connectivity index (χ3n) is 7.09. The molecule has 2 amide bonds. The molecule has 3 heterocycles. The number of anilines is 3. The van der Waals surface area contributed by atoms with E-state index in [1.807, 2.05) is 24.3 Å².